The van der Waals surface area contributed by atoms with Gasteiger partial charge < -0.3 is 14.8 Å². The van der Waals surface area contributed by atoms with Crippen LogP contribution in [0.1, 0.15) is 21.5 Å². The summed E-state index contributed by atoms with van der Waals surface area (Å²) in [5.41, 5.74) is 1.58. The van der Waals surface area contributed by atoms with Crippen molar-refractivity contribution in [1.29, 1.82) is 0 Å². The molecule has 3 aromatic carbocycles. The Morgan fingerprint density at radius 2 is 1.83 bits per heavy atom. The maximum absolute atomic E-state index is 13.5. The number of nitrogens with one attached hydrogen (secondary N) is 2. The van der Waals surface area contributed by atoms with E-state index in [0.717, 1.165) is 0 Å². The second-order valence-electron chi connectivity index (χ2n) is 8.07. The van der Waals surface area contributed by atoms with E-state index in [9.17, 15) is 9.90 Å². The van der Waals surface area contributed by atoms with Gasteiger partial charge in [-0.05, 0) is 36.4 Å². The van der Waals surface area contributed by atoms with Gasteiger partial charge in [-0.15, -0.1) is 0 Å². The number of hydrogen-bond acceptors (Lipinski definition) is 7. The zero-order valence-corrected chi connectivity index (χ0v) is 18.6. The zero-order valence-electron chi connectivity index (χ0n) is 18.6. The molecule has 1 unspecified atom stereocenters. The Kier molecular flexibility index (Phi) is 4.71. The summed E-state index contributed by atoms with van der Waals surface area (Å²) in [6.07, 6.45) is 3.26. The topological polar surface area (TPSA) is 116 Å². The quantitative estimate of drug-likeness (QED) is 0.361. The summed E-state index contributed by atoms with van der Waals surface area (Å²) in [5, 5.41) is 15.3. The molecule has 0 fully saturated rings. The second-order valence-corrected chi connectivity index (χ2v) is 8.07. The molecule has 35 heavy (non-hydrogen) atoms. The van der Waals surface area contributed by atoms with Gasteiger partial charge in [0.1, 0.15) is 5.75 Å². The minimum Gasteiger partial charge on any atom is -0.497 e. The van der Waals surface area contributed by atoms with Crippen LogP contribution in [0.4, 0.5) is 17.6 Å². The van der Waals surface area contributed by atoms with Crippen LogP contribution in [0.5, 0.6) is 5.75 Å². The summed E-state index contributed by atoms with van der Waals surface area (Å²) in [4.78, 5) is 31.0. The Morgan fingerprint density at radius 3 is 2.66 bits per heavy atom. The molecule has 1 atom stereocenters. The standard InChI is InChI=1S/C26H20N6O3/c1-35-18-7-4-6-17(15-18)32-23(33)19-8-2-3-9-20(19)26(32,34)16-10-11-21-22(14-16)30-25(29-21)31-24-27-12-5-13-28-24/h2-15,34H,1H3,(H2,27,28,29,30,31). The number of carbonyl (C=O) groups is 1. The van der Waals surface area contributed by atoms with Gasteiger partial charge in [-0.2, -0.15) is 0 Å². The third-order valence-corrected chi connectivity index (χ3v) is 6.05. The maximum Gasteiger partial charge on any atom is 0.261 e. The molecule has 0 spiro atoms. The van der Waals surface area contributed by atoms with Crippen LogP contribution in [0, 0.1) is 0 Å². The summed E-state index contributed by atoms with van der Waals surface area (Å²) < 4.78 is 5.36. The lowest BCUT2D eigenvalue weighted by Crippen LogP contribution is -2.45. The number of nitrogens with zero attached hydrogens (tertiary/aromatic N) is 4. The average Bonchev–Trinajstić information content (AvgIpc) is 3.40. The molecular formula is C26H20N6O3. The Labute approximate surface area is 200 Å². The first-order valence-corrected chi connectivity index (χ1v) is 10.9. The number of methoxy groups -OCH3 is 1. The molecule has 2 aromatic heterocycles. The minimum absolute atomic E-state index is 0.301. The Hall–Kier alpha value is -4.76. The van der Waals surface area contributed by atoms with Gasteiger partial charge in [0.15, 0.2) is 5.72 Å². The van der Waals surface area contributed by atoms with Gasteiger partial charge in [0, 0.05) is 35.2 Å². The number of carbonyl (C=O) groups excluding carboxylic acids is 1. The lowest BCUT2D eigenvalue weighted by molar-refractivity contribution is 0.0704. The van der Waals surface area contributed by atoms with Crippen molar-refractivity contribution in [3.05, 3.63) is 102 Å². The van der Waals surface area contributed by atoms with E-state index >= 15 is 0 Å². The monoisotopic (exact) mass is 464 g/mol. The van der Waals surface area contributed by atoms with Gasteiger partial charge in [-0.25, -0.2) is 15.0 Å². The molecule has 6 rings (SSSR count). The van der Waals surface area contributed by atoms with Crippen LogP contribution >= 0.6 is 0 Å². The van der Waals surface area contributed by atoms with Gasteiger partial charge in [0.2, 0.25) is 11.9 Å². The van der Waals surface area contributed by atoms with Gasteiger partial charge >= 0.3 is 0 Å². The number of H-pyrrole nitrogens is 1. The van der Waals surface area contributed by atoms with Crippen LogP contribution in [0.25, 0.3) is 11.0 Å². The minimum atomic E-state index is -1.74. The van der Waals surface area contributed by atoms with E-state index in [4.69, 9.17) is 4.74 Å². The highest BCUT2D eigenvalue weighted by molar-refractivity contribution is 6.12. The molecule has 5 aromatic rings. The molecule has 9 nitrogen and oxygen atoms in total. The number of benzene rings is 3. The summed E-state index contributed by atoms with van der Waals surface area (Å²) in [6, 6.07) is 21.2. The van der Waals surface area contributed by atoms with E-state index in [1.807, 2.05) is 6.07 Å². The molecule has 3 N–H and O–H groups in total. The molecule has 0 saturated heterocycles. The molecule has 0 saturated carbocycles. The van der Waals surface area contributed by atoms with Crippen LogP contribution in [-0.4, -0.2) is 38.1 Å². The third-order valence-electron chi connectivity index (χ3n) is 6.05. The fraction of sp³-hybridized carbons (Fsp3) is 0.0769. The van der Waals surface area contributed by atoms with Crippen LogP contribution in [0.2, 0.25) is 0 Å². The maximum atomic E-state index is 13.5. The fourth-order valence-corrected chi connectivity index (χ4v) is 4.45. The van der Waals surface area contributed by atoms with Crippen molar-refractivity contribution in [1.82, 2.24) is 19.9 Å². The van der Waals surface area contributed by atoms with E-state index < -0.39 is 5.72 Å². The van der Waals surface area contributed by atoms with Crippen molar-refractivity contribution in [2.75, 3.05) is 17.3 Å². The molecule has 0 bridgehead atoms. The number of rotatable bonds is 5. The van der Waals surface area contributed by atoms with Crippen molar-refractivity contribution >= 4 is 34.5 Å². The molecule has 1 amide bonds. The number of fused-ring (bicyclic) bond motifs is 2. The summed E-state index contributed by atoms with van der Waals surface area (Å²) in [7, 11) is 1.56. The first-order chi connectivity index (χ1) is 17.1. The Balaban J connectivity index is 1.48. The molecule has 172 valence electrons. The van der Waals surface area contributed by atoms with E-state index in [-0.39, 0.29) is 5.91 Å². The largest absolute Gasteiger partial charge is 0.497 e. The predicted octanol–water partition coefficient (Wildman–Crippen LogP) is 3.96. The summed E-state index contributed by atoms with van der Waals surface area (Å²) in [5.74, 6) is 1.15. The molecule has 0 radical (unpaired) electrons. The number of hydrogen-bond donors (Lipinski definition) is 3. The number of aromatic nitrogens is 4. The molecule has 1 aliphatic heterocycles. The predicted molar refractivity (Wildman–Crippen MR) is 131 cm³/mol. The highest BCUT2D eigenvalue weighted by atomic mass is 16.5. The first-order valence-electron chi connectivity index (χ1n) is 10.9. The van der Waals surface area contributed by atoms with Crippen LogP contribution in [-0.2, 0) is 5.72 Å². The van der Waals surface area contributed by atoms with Crippen molar-refractivity contribution in [2.45, 2.75) is 5.72 Å². The van der Waals surface area contributed by atoms with E-state index in [0.29, 0.717) is 51.1 Å². The van der Waals surface area contributed by atoms with Crippen molar-refractivity contribution < 1.29 is 14.6 Å². The third kappa shape index (κ3) is 3.29. The highest BCUT2D eigenvalue weighted by Gasteiger charge is 2.50. The molecule has 9 heteroatoms. The fourth-order valence-electron chi connectivity index (χ4n) is 4.45. The Bertz CT molecular complexity index is 1570. The van der Waals surface area contributed by atoms with Gasteiger partial charge in [-0.3, -0.25) is 15.0 Å². The molecular weight excluding hydrogens is 444 g/mol. The van der Waals surface area contributed by atoms with Crippen molar-refractivity contribution in [3.8, 4) is 5.75 Å². The number of aliphatic hydroxyl groups is 1. The molecule has 3 heterocycles. The van der Waals surface area contributed by atoms with Gasteiger partial charge in [0.25, 0.3) is 5.91 Å². The number of anilines is 3. The van der Waals surface area contributed by atoms with E-state index in [1.54, 1.807) is 86.2 Å². The zero-order chi connectivity index (χ0) is 24.0. The molecule has 1 aliphatic rings. The van der Waals surface area contributed by atoms with Crippen molar-refractivity contribution in [3.63, 3.8) is 0 Å². The normalized spacial score (nSPS) is 17.0. The highest BCUT2D eigenvalue weighted by Crippen LogP contribution is 2.45. The summed E-state index contributed by atoms with van der Waals surface area (Å²) >= 11 is 0. The van der Waals surface area contributed by atoms with E-state index in [2.05, 4.69) is 25.3 Å². The smallest absolute Gasteiger partial charge is 0.261 e. The number of imidazole rings is 1. The number of ether oxygens (including phenoxy) is 1. The summed E-state index contributed by atoms with van der Waals surface area (Å²) in [6.45, 7) is 0. The Morgan fingerprint density at radius 1 is 1.00 bits per heavy atom. The van der Waals surface area contributed by atoms with Gasteiger partial charge in [-0.1, -0.05) is 30.3 Å². The van der Waals surface area contributed by atoms with Crippen LogP contribution in [0.3, 0.4) is 0 Å². The SMILES string of the molecule is COc1cccc(N2C(=O)c3ccccc3C2(O)c2ccc3nc(Nc4ncccn4)[nH]c3c2)c1. The molecule has 0 aliphatic carbocycles. The van der Waals surface area contributed by atoms with E-state index in [1.165, 1.54) is 4.90 Å². The van der Waals surface area contributed by atoms with Crippen LogP contribution < -0.4 is 15.0 Å². The number of amides is 1. The lowest BCUT2D eigenvalue weighted by atomic mass is 9.93. The average molecular weight is 464 g/mol. The second kappa shape index (κ2) is 7.93. The lowest BCUT2D eigenvalue weighted by Gasteiger charge is -2.35. The van der Waals surface area contributed by atoms with Crippen molar-refractivity contribution in [2.24, 2.45) is 0 Å². The first kappa shape index (κ1) is 20.8. The van der Waals surface area contributed by atoms with Gasteiger partial charge in [0.05, 0.1) is 23.8 Å². The number of aromatic amines is 1. The van der Waals surface area contributed by atoms with Crippen LogP contribution in [0.15, 0.2) is 85.2 Å².